The number of methoxy groups -OCH3 is 1. The summed E-state index contributed by atoms with van der Waals surface area (Å²) in [5.41, 5.74) is 1.27. The largest absolute Gasteiger partial charge is 0.496 e. The standard InChI is InChI=1S/C18H28N2O2/c1-19-13-7-10-17(21)20-14-18(11-5-6-12-18)15-8-3-4-9-16(15)22-2/h3-4,8-9,19H,5-7,10-14H2,1-2H3,(H,20,21). The van der Waals surface area contributed by atoms with Gasteiger partial charge in [0.15, 0.2) is 0 Å². The Morgan fingerprint density at radius 3 is 2.68 bits per heavy atom. The molecule has 2 rings (SSSR count). The number of amides is 1. The minimum Gasteiger partial charge on any atom is -0.496 e. The first kappa shape index (κ1) is 16.8. The van der Waals surface area contributed by atoms with Crippen LogP contribution in [-0.2, 0) is 10.2 Å². The van der Waals surface area contributed by atoms with Crippen LogP contribution in [0.15, 0.2) is 24.3 Å². The fourth-order valence-electron chi connectivity index (χ4n) is 3.46. The highest BCUT2D eigenvalue weighted by Gasteiger charge is 2.37. The summed E-state index contributed by atoms with van der Waals surface area (Å²) in [7, 11) is 3.63. The van der Waals surface area contributed by atoms with E-state index in [0.29, 0.717) is 13.0 Å². The first-order chi connectivity index (χ1) is 10.7. The lowest BCUT2D eigenvalue weighted by Gasteiger charge is -2.31. The molecule has 2 N–H and O–H groups in total. The van der Waals surface area contributed by atoms with Crippen molar-refractivity contribution >= 4 is 5.91 Å². The second kappa shape index (κ2) is 8.18. The van der Waals surface area contributed by atoms with E-state index in [1.165, 1.54) is 18.4 Å². The molecule has 1 amide bonds. The van der Waals surface area contributed by atoms with E-state index in [4.69, 9.17) is 4.74 Å². The normalized spacial score (nSPS) is 16.5. The van der Waals surface area contributed by atoms with Gasteiger partial charge in [-0.1, -0.05) is 31.0 Å². The zero-order chi connectivity index (χ0) is 15.8. The van der Waals surface area contributed by atoms with Crippen LogP contribution in [-0.4, -0.2) is 33.2 Å². The summed E-state index contributed by atoms with van der Waals surface area (Å²) in [6, 6.07) is 8.23. The molecular weight excluding hydrogens is 276 g/mol. The van der Waals surface area contributed by atoms with Gasteiger partial charge in [0.1, 0.15) is 5.75 Å². The van der Waals surface area contributed by atoms with E-state index in [-0.39, 0.29) is 11.3 Å². The second-order valence-electron chi connectivity index (χ2n) is 6.17. The van der Waals surface area contributed by atoms with Gasteiger partial charge in [-0.2, -0.15) is 0 Å². The third-order valence-corrected chi connectivity index (χ3v) is 4.69. The Bertz CT molecular complexity index is 482. The molecule has 0 heterocycles. The lowest BCUT2D eigenvalue weighted by molar-refractivity contribution is -0.121. The number of hydrogen-bond acceptors (Lipinski definition) is 3. The summed E-state index contributed by atoms with van der Waals surface area (Å²) < 4.78 is 5.55. The molecule has 22 heavy (non-hydrogen) atoms. The van der Waals surface area contributed by atoms with E-state index in [9.17, 15) is 4.79 Å². The summed E-state index contributed by atoms with van der Waals surface area (Å²) >= 11 is 0. The molecule has 1 aromatic rings. The molecule has 1 aliphatic rings. The first-order valence-corrected chi connectivity index (χ1v) is 8.27. The zero-order valence-corrected chi connectivity index (χ0v) is 13.8. The van der Waals surface area contributed by atoms with E-state index in [1.54, 1.807) is 7.11 Å². The van der Waals surface area contributed by atoms with E-state index in [0.717, 1.165) is 31.6 Å². The molecule has 0 aliphatic heterocycles. The van der Waals surface area contributed by atoms with Gasteiger partial charge in [0, 0.05) is 23.9 Å². The molecule has 1 aliphatic carbocycles. The molecule has 0 aromatic heterocycles. The summed E-state index contributed by atoms with van der Waals surface area (Å²) in [4.78, 5) is 12.0. The maximum Gasteiger partial charge on any atom is 0.220 e. The molecule has 0 bridgehead atoms. The van der Waals surface area contributed by atoms with Crippen molar-refractivity contribution < 1.29 is 9.53 Å². The Morgan fingerprint density at radius 1 is 1.27 bits per heavy atom. The van der Waals surface area contributed by atoms with Crippen LogP contribution in [0.1, 0.15) is 44.1 Å². The lowest BCUT2D eigenvalue weighted by Crippen LogP contribution is -2.39. The second-order valence-corrected chi connectivity index (χ2v) is 6.17. The molecule has 1 saturated carbocycles. The van der Waals surface area contributed by atoms with Crippen LogP contribution in [0.2, 0.25) is 0 Å². The average molecular weight is 304 g/mol. The van der Waals surface area contributed by atoms with E-state index in [2.05, 4.69) is 22.8 Å². The fraction of sp³-hybridized carbons (Fsp3) is 0.611. The predicted octanol–water partition coefficient (Wildman–Crippen LogP) is 2.62. The molecule has 1 aromatic carbocycles. The monoisotopic (exact) mass is 304 g/mol. The van der Waals surface area contributed by atoms with Gasteiger partial charge in [0.25, 0.3) is 0 Å². The quantitative estimate of drug-likeness (QED) is 0.726. The number of para-hydroxylation sites is 1. The van der Waals surface area contributed by atoms with Crippen molar-refractivity contribution in [2.75, 3.05) is 27.2 Å². The van der Waals surface area contributed by atoms with Crippen LogP contribution in [0.3, 0.4) is 0 Å². The summed E-state index contributed by atoms with van der Waals surface area (Å²) in [6.45, 7) is 1.59. The molecule has 0 radical (unpaired) electrons. The smallest absolute Gasteiger partial charge is 0.220 e. The van der Waals surface area contributed by atoms with Crippen molar-refractivity contribution in [3.05, 3.63) is 29.8 Å². The topological polar surface area (TPSA) is 50.4 Å². The van der Waals surface area contributed by atoms with Crippen LogP contribution in [0.25, 0.3) is 0 Å². The molecule has 4 heteroatoms. The van der Waals surface area contributed by atoms with Gasteiger partial charge in [-0.25, -0.2) is 0 Å². The molecular formula is C18H28N2O2. The Balaban J connectivity index is 2.04. The predicted molar refractivity (Wildman–Crippen MR) is 89.3 cm³/mol. The lowest BCUT2D eigenvalue weighted by atomic mass is 9.78. The number of nitrogens with one attached hydrogen (secondary N) is 2. The molecule has 0 saturated heterocycles. The van der Waals surface area contributed by atoms with Gasteiger partial charge in [-0.3, -0.25) is 4.79 Å². The fourth-order valence-corrected chi connectivity index (χ4v) is 3.46. The van der Waals surface area contributed by atoms with Crippen molar-refractivity contribution in [2.24, 2.45) is 0 Å². The SMILES string of the molecule is CNCCCC(=O)NCC1(c2ccccc2OC)CCCC1. The minimum absolute atomic E-state index is 0.0330. The van der Waals surface area contributed by atoms with Crippen LogP contribution in [0.4, 0.5) is 0 Å². The van der Waals surface area contributed by atoms with E-state index >= 15 is 0 Å². The van der Waals surface area contributed by atoms with Crippen molar-refractivity contribution in [1.29, 1.82) is 0 Å². The van der Waals surface area contributed by atoms with Crippen LogP contribution < -0.4 is 15.4 Å². The Kier molecular flexibility index (Phi) is 6.25. The van der Waals surface area contributed by atoms with Crippen molar-refractivity contribution in [3.63, 3.8) is 0 Å². The van der Waals surface area contributed by atoms with Crippen LogP contribution in [0.5, 0.6) is 5.75 Å². The van der Waals surface area contributed by atoms with Crippen molar-refractivity contribution in [2.45, 2.75) is 43.9 Å². The van der Waals surface area contributed by atoms with Gasteiger partial charge in [0.05, 0.1) is 7.11 Å². The highest BCUT2D eigenvalue weighted by molar-refractivity contribution is 5.76. The van der Waals surface area contributed by atoms with E-state index in [1.807, 2.05) is 19.2 Å². The van der Waals surface area contributed by atoms with Crippen LogP contribution >= 0.6 is 0 Å². The summed E-state index contributed by atoms with van der Waals surface area (Å²) in [5, 5.41) is 6.22. The Labute approximate surface area is 133 Å². The first-order valence-electron chi connectivity index (χ1n) is 8.27. The average Bonchev–Trinajstić information content (AvgIpc) is 3.03. The Hall–Kier alpha value is -1.55. The van der Waals surface area contributed by atoms with Gasteiger partial charge < -0.3 is 15.4 Å². The van der Waals surface area contributed by atoms with Crippen LogP contribution in [0, 0.1) is 0 Å². The maximum atomic E-state index is 12.0. The number of carbonyl (C=O) groups excluding carboxylic acids is 1. The molecule has 4 nitrogen and oxygen atoms in total. The van der Waals surface area contributed by atoms with E-state index < -0.39 is 0 Å². The van der Waals surface area contributed by atoms with Gasteiger partial charge in [0.2, 0.25) is 5.91 Å². The summed E-state index contributed by atoms with van der Waals surface area (Å²) in [5.74, 6) is 1.09. The highest BCUT2D eigenvalue weighted by atomic mass is 16.5. The maximum absolute atomic E-state index is 12.0. The third-order valence-electron chi connectivity index (χ3n) is 4.69. The number of rotatable bonds is 8. The minimum atomic E-state index is 0.0330. The molecule has 0 spiro atoms. The number of hydrogen-bond donors (Lipinski definition) is 2. The molecule has 0 unspecified atom stereocenters. The molecule has 1 fully saturated rings. The highest BCUT2D eigenvalue weighted by Crippen LogP contribution is 2.44. The number of ether oxygens (including phenoxy) is 1. The number of carbonyl (C=O) groups is 1. The third kappa shape index (κ3) is 4.01. The van der Waals surface area contributed by atoms with Gasteiger partial charge >= 0.3 is 0 Å². The van der Waals surface area contributed by atoms with Gasteiger partial charge in [-0.15, -0.1) is 0 Å². The van der Waals surface area contributed by atoms with Gasteiger partial charge in [-0.05, 0) is 38.9 Å². The Morgan fingerprint density at radius 2 is 2.00 bits per heavy atom. The molecule has 0 atom stereocenters. The van der Waals surface area contributed by atoms with Crippen molar-refractivity contribution in [3.8, 4) is 5.75 Å². The zero-order valence-electron chi connectivity index (χ0n) is 13.8. The number of benzene rings is 1. The summed E-state index contributed by atoms with van der Waals surface area (Å²) in [6.07, 6.45) is 6.13. The van der Waals surface area contributed by atoms with Crippen molar-refractivity contribution in [1.82, 2.24) is 10.6 Å². The molecule has 122 valence electrons.